The van der Waals surface area contributed by atoms with Gasteiger partial charge in [-0.3, -0.25) is 4.79 Å². The highest BCUT2D eigenvalue weighted by Crippen LogP contribution is 2.38. The Kier molecular flexibility index (Phi) is 2.92. The quantitative estimate of drug-likeness (QED) is 0.475. The standard InChI is InChI=1S/C10H15N3O6S/c1-2-11-4-6-3-7-5-12(8(6)9(11)14)10(15)13(7)19-20(16,17)18/h6-8H,2-5H2,1H3,(H,16,17,18)/p-1/t6-,7+,8-/m0/s1. The lowest BCUT2D eigenvalue weighted by molar-refractivity contribution is -0.131. The summed E-state index contributed by atoms with van der Waals surface area (Å²) in [6.07, 6.45) is 0.449. The zero-order chi connectivity index (χ0) is 14.7. The summed E-state index contributed by atoms with van der Waals surface area (Å²) in [6.45, 7) is 3.19. The van der Waals surface area contributed by atoms with Crippen LogP contribution in [-0.4, -0.2) is 71.5 Å². The molecule has 3 aliphatic heterocycles. The molecule has 9 nitrogen and oxygen atoms in total. The summed E-state index contributed by atoms with van der Waals surface area (Å²) in [5.41, 5.74) is 0. The first-order valence-electron chi connectivity index (χ1n) is 6.36. The van der Waals surface area contributed by atoms with Gasteiger partial charge < -0.3 is 14.4 Å². The van der Waals surface area contributed by atoms with Crippen molar-refractivity contribution in [3.63, 3.8) is 0 Å². The molecule has 3 rings (SSSR count). The summed E-state index contributed by atoms with van der Waals surface area (Å²) in [5, 5.41) is 0.601. The van der Waals surface area contributed by atoms with Crippen molar-refractivity contribution in [1.82, 2.24) is 14.9 Å². The number of likely N-dealkylation sites (tertiary alicyclic amines) is 1. The number of likely N-dealkylation sites (N-methyl/N-ethyl adjacent to an activating group) is 1. The first-order valence-corrected chi connectivity index (χ1v) is 7.69. The fraction of sp³-hybridized carbons (Fsp3) is 0.800. The lowest BCUT2D eigenvalue weighted by Crippen LogP contribution is -2.48. The number of rotatable bonds is 3. The molecule has 3 atom stereocenters. The van der Waals surface area contributed by atoms with Gasteiger partial charge >= 0.3 is 6.03 Å². The topological polar surface area (TPSA) is 110 Å². The van der Waals surface area contributed by atoms with Crippen molar-refractivity contribution in [3.8, 4) is 0 Å². The van der Waals surface area contributed by atoms with Gasteiger partial charge in [0.25, 0.3) is 0 Å². The fourth-order valence-corrected chi connectivity index (χ4v) is 3.73. The molecule has 0 aromatic heterocycles. The van der Waals surface area contributed by atoms with E-state index in [4.69, 9.17) is 0 Å². The molecule has 20 heavy (non-hydrogen) atoms. The highest BCUT2D eigenvalue weighted by molar-refractivity contribution is 7.80. The molecule has 112 valence electrons. The third kappa shape index (κ3) is 1.95. The van der Waals surface area contributed by atoms with Gasteiger partial charge in [-0.1, -0.05) is 0 Å². The van der Waals surface area contributed by atoms with E-state index >= 15 is 0 Å². The predicted molar refractivity (Wildman–Crippen MR) is 62.7 cm³/mol. The van der Waals surface area contributed by atoms with Gasteiger partial charge in [0, 0.05) is 25.6 Å². The van der Waals surface area contributed by atoms with Crippen molar-refractivity contribution in [3.05, 3.63) is 0 Å². The molecule has 3 aliphatic rings. The third-order valence-electron chi connectivity index (χ3n) is 4.10. The number of hydrogen-bond acceptors (Lipinski definition) is 6. The van der Waals surface area contributed by atoms with Crippen molar-refractivity contribution in [1.29, 1.82) is 0 Å². The number of hydroxylamine groups is 2. The molecule has 3 fully saturated rings. The molecule has 3 amide bonds. The van der Waals surface area contributed by atoms with E-state index in [1.54, 1.807) is 4.90 Å². The summed E-state index contributed by atoms with van der Waals surface area (Å²) >= 11 is 0. The minimum Gasteiger partial charge on any atom is -0.724 e. The molecule has 0 aromatic rings. The van der Waals surface area contributed by atoms with E-state index in [2.05, 4.69) is 4.28 Å². The number of urea groups is 1. The Morgan fingerprint density at radius 2 is 2.05 bits per heavy atom. The summed E-state index contributed by atoms with van der Waals surface area (Å²) in [6, 6.07) is -1.80. The predicted octanol–water partition coefficient (Wildman–Crippen LogP) is -1.26. The number of piperidine rings is 1. The van der Waals surface area contributed by atoms with Gasteiger partial charge in [-0.05, 0) is 13.3 Å². The van der Waals surface area contributed by atoms with Crippen molar-refractivity contribution in [2.75, 3.05) is 19.6 Å². The van der Waals surface area contributed by atoms with Crippen molar-refractivity contribution >= 4 is 22.3 Å². The number of nitrogens with zero attached hydrogens (tertiary/aromatic N) is 3. The molecule has 0 N–H and O–H groups in total. The molecule has 0 radical (unpaired) electrons. The van der Waals surface area contributed by atoms with E-state index in [1.165, 1.54) is 4.90 Å². The van der Waals surface area contributed by atoms with Crippen LogP contribution in [0.1, 0.15) is 13.3 Å². The maximum atomic E-state index is 12.2. The number of fused-ring (bicyclic) bond motifs is 4. The van der Waals surface area contributed by atoms with Crippen LogP contribution in [0.25, 0.3) is 0 Å². The van der Waals surface area contributed by atoms with Crippen LogP contribution < -0.4 is 0 Å². The maximum Gasteiger partial charge on any atom is 0.346 e. The second kappa shape index (κ2) is 4.30. The minimum atomic E-state index is -5.00. The summed E-state index contributed by atoms with van der Waals surface area (Å²) in [4.78, 5) is 27.3. The molecule has 0 aliphatic carbocycles. The number of carbonyl (C=O) groups is 2. The Bertz CT molecular complexity index is 563. The molecular formula is C10H14N3O6S-. The van der Waals surface area contributed by atoms with Crippen molar-refractivity contribution < 1.29 is 26.8 Å². The van der Waals surface area contributed by atoms with E-state index in [0.717, 1.165) is 0 Å². The van der Waals surface area contributed by atoms with Crippen LogP contribution in [0.3, 0.4) is 0 Å². The van der Waals surface area contributed by atoms with E-state index in [1.807, 2.05) is 6.92 Å². The molecule has 3 saturated heterocycles. The summed E-state index contributed by atoms with van der Waals surface area (Å²) in [5.74, 6) is -0.177. The van der Waals surface area contributed by atoms with Crippen molar-refractivity contribution in [2.45, 2.75) is 25.4 Å². The van der Waals surface area contributed by atoms with Crippen molar-refractivity contribution in [2.24, 2.45) is 5.92 Å². The van der Waals surface area contributed by atoms with E-state index in [-0.39, 0.29) is 18.4 Å². The number of carbonyl (C=O) groups excluding carboxylic acids is 2. The van der Waals surface area contributed by atoms with Gasteiger partial charge in [0.05, 0.1) is 6.04 Å². The molecule has 0 saturated carbocycles. The lowest BCUT2D eigenvalue weighted by atomic mass is 9.91. The monoisotopic (exact) mass is 304 g/mol. The molecule has 2 bridgehead atoms. The smallest absolute Gasteiger partial charge is 0.346 e. The van der Waals surface area contributed by atoms with Gasteiger partial charge in [0.15, 0.2) is 0 Å². The first-order chi connectivity index (χ1) is 9.31. The van der Waals surface area contributed by atoms with Crippen LogP contribution in [0, 0.1) is 5.92 Å². The number of hydrogen-bond donors (Lipinski definition) is 0. The second-order valence-corrected chi connectivity index (χ2v) is 6.18. The highest BCUT2D eigenvalue weighted by Gasteiger charge is 2.56. The van der Waals surface area contributed by atoms with Crippen LogP contribution in [-0.2, 0) is 19.5 Å². The van der Waals surface area contributed by atoms with Crippen LogP contribution in [0.2, 0.25) is 0 Å². The molecule has 0 aromatic carbocycles. The van der Waals surface area contributed by atoms with Gasteiger partial charge in [0.2, 0.25) is 16.3 Å². The Labute approximate surface area is 116 Å². The number of amides is 3. The summed E-state index contributed by atoms with van der Waals surface area (Å²) in [7, 11) is -5.00. The second-order valence-electron chi connectivity index (χ2n) is 5.21. The Morgan fingerprint density at radius 1 is 1.35 bits per heavy atom. The van der Waals surface area contributed by atoms with Crippen LogP contribution in [0.4, 0.5) is 4.79 Å². The van der Waals surface area contributed by atoms with Crippen LogP contribution >= 0.6 is 0 Å². The molecule has 10 heteroatoms. The van der Waals surface area contributed by atoms with Gasteiger partial charge in [-0.15, -0.1) is 0 Å². The molecule has 0 spiro atoms. The molecule has 3 heterocycles. The summed E-state index contributed by atoms with van der Waals surface area (Å²) < 4.78 is 36.2. The Balaban J connectivity index is 1.85. The third-order valence-corrected chi connectivity index (χ3v) is 4.45. The lowest BCUT2D eigenvalue weighted by Gasteiger charge is -2.30. The Hall–Kier alpha value is -1.39. The average Bonchev–Trinajstić information content (AvgIpc) is 2.80. The normalized spacial score (nSPS) is 33.1. The zero-order valence-electron chi connectivity index (χ0n) is 10.8. The van der Waals surface area contributed by atoms with Gasteiger partial charge in [-0.25, -0.2) is 13.2 Å². The first kappa shape index (κ1) is 13.6. The fourth-order valence-electron chi connectivity index (χ4n) is 3.34. The van der Waals surface area contributed by atoms with Crippen LogP contribution in [0.15, 0.2) is 0 Å². The van der Waals surface area contributed by atoms with E-state index in [0.29, 0.717) is 24.6 Å². The van der Waals surface area contributed by atoms with Gasteiger partial charge in [-0.2, -0.15) is 9.35 Å². The minimum absolute atomic E-state index is 0.0480. The maximum absolute atomic E-state index is 12.2. The highest BCUT2D eigenvalue weighted by atomic mass is 32.3. The van der Waals surface area contributed by atoms with Crippen LogP contribution in [0.5, 0.6) is 0 Å². The Morgan fingerprint density at radius 3 is 2.65 bits per heavy atom. The van der Waals surface area contributed by atoms with Gasteiger partial charge in [0.1, 0.15) is 6.04 Å². The molecular weight excluding hydrogens is 290 g/mol. The van der Waals surface area contributed by atoms with E-state index < -0.39 is 28.5 Å². The van der Waals surface area contributed by atoms with E-state index in [9.17, 15) is 22.6 Å². The largest absolute Gasteiger partial charge is 0.724 e. The SMILES string of the molecule is CCN1C[C@@H]2C[C@@H]3CN(C(=O)N3OS(=O)(=O)[O-])[C@@H]2C1=O. The zero-order valence-corrected chi connectivity index (χ0v) is 11.6. The average molecular weight is 304 g/mol. The molecule has 0 unspecified atom stereocenters.